The molecule has 0 radical (unpaired) electrons. The quantitative estimate of drug-likeness (QED) is 0.375. The molecule has 2 aliphatic carbocycles. The Bertz CT molecular complexity index is 1110. The molecule has 1 atom stereocenters. The van der Waals surface area contributed by atoms with Crippen LogP contribution in [0.15, 0.2) is 49.1 Å². The summed E-state index contributed by atoms with van der Waals surface area (Å²) in [6.45, 7) is 1.32. The maximum Gasteiger partial charge on any atom is 0.243 e. The van der Waals surface area contributed by atoms with E-state index < -0.39 is 0 Å². The van der Waals surface area contributed by atoms with E-state index in [1.54, 1.807) is 12.5 Å². The molecule has 2 aliphatic rings. The van der Waals surface area contributed by atoms with Crippen LogP contribution in [0.5, 0.6) is 0 Å². The van der Waals surface area contributed by atoms with Gasteiger partial charge in [-0.1, -0.05) is 43.0 Å². The van der Waals surface area contributed by atoms with E-state index in [0.717, 1.165) is 37.8 Å². The minimum absolute atomic E-state index is 0.0119. The SMILES string of the molecule is O=C(NCc1ccc(Cl)cc1)[C@H](Nc1cc(-n2ccnc2)nc(NCC2CC2)n1)C1CCCCC1. The van der Waals surface area contributed by atoms with E-state index in [1.165, 1.54) is 19.3 Å². The number of imidazole rings is 1. The number of aromatic nitrogens is 4. The number of halogens is 1. The molecule has 2 heterocycles. The van der Waals surface area contributed by atoms with E-state index >= 15 is 0 Å². The minimum Gasteiger partial charge on any atom is -0.358 e. The molecule has 0 bridgehead atoms. The second kappa shape index (κ2) is 11.1. The van der Waals surface area contributed by atoms with Crippen molar-refractivity contribution in [1.82, 2.24) is 24.8 Å². The van der Waals surface area contributed by atoms with Crippen LogP contribution in [0.1, 0.15) is 50.5 Å². The van der Waals surface area contributed by atoms with Crippen LogP contribution in [-0.2, 0) is 11.3 Å². The first-order valence-corrected chi connectivity index (χ1v) is 12.9. The van der Waals surface area contributed by atoms with Crippen LogP contribution in [0.25, 0.3) is 5.82 Å². The molecule has 0 aliphatic heterocycles. The lowest BCUT2D eigenvalue weighted by Crippen LogP contribution is -2.45. The summed E-state index contributed by atoms with van der Waals surface area (Å²) in [4.78, 5) is 27.0. The Morgan fingerprint density at radius 2 is 1.89 bits per heavy atom. The van der Waals surface area contributed by atoms with Crippen LogP contribution in [0.4, 0.5) is 11.8 Å². The number of nitrogens with zero attached hydrogens (tertiary/aromatic N) is 4. The second-order valence-corrected chi connectivity index (χ2v) is 10.0. The maximum atomic E-state index is 13.4. The topological polar surface area (TPSA) is 96.8 Å². The van der Waals surface area contributed by atoms with Gasteiger partial charge < -0.3 is 16.0 Å². The van der Waals surface area contributed by atoms with Crippen molar-refractivity contribution in [3.05, 3.63) is 59.6 Å². The highest BCUT2D eigenvalue weighted by molar-refractivity contribution is 6.30. The van der Waals surface area contributed by atoms with Crippen LogP contribution in [0.2, 0.25) is 5.02 Å². The second-order valence-electron chi connectivity index (χ2n) is 9.59. The number of carbonyl (C=O) groups is 1. The van der Waals surface area contributed by atoms with E-state index in [1.807, 2.05) is 41.1 Å². The van der Waals surface area contributed by atoms with Gasteiger partial charge in [0, 0.05) is 36.6 Å². The summed E-state index contributed by atoms with van der Waals surface area (Å²) in [6.07, 6.45) is 13.4. The molecule has 2 saturated carbocycles. The lowest BCUT2D eigenvalue weighted by atomic mass is 9.83. The fourth-order valence-corrected chi connectivity index (χ4v) is 4.72. The van der Waals surface area contributed by atoms with Crippen LogP contribution >= 0.6 is 11.6 Å². The standard InChI is InChI=1S/C26H32ClN7O/c27-21-10-8-19(9-11-21)15-29-25(35)24(20-4-2-1-3-5-20)31-22-14-23(34-13-12-28-17-34)33-26(32-22)30-16-18-6-7-18/h8-14,17-18,20,24H,1-7,15-16H2,(H,29,35)(H2,30,31,32,33)/t24-/m1/s1. The van der Waals surface area contributed by atoms with Crippen molar-refractivity contribution in [2.75, 3.05) is 17.2 Å². The van der Waals surface area contributed by atoms with Crippen molar-refractivity contribution in [1.29, 1.82) is 0 Å². The van der Waals surface area contributed by atoms with Crippen LogP contribution in [-0.4, -0.2) is 38.0 Å². The van der Waals surface area contributed by atoms with Gasteiger partial charge in [-0.2, -0.15) is 9.97 Å². The molecule has 1 amide bonds. The zero-order valence-electron chi connectivity index (χ0n) is 19.8. The van der Waals surface area contributed by atoms with Crippen molar-refractivity contribution in [3.63, 3.8) is 0 Å². The normalized spacial score (nSPS) is 17.1. The van der Waals surface area contributed by atoms with Gasteiger partial charge in [0.05, 0.1) is 0 Å². The molecule has 184 valence electrons. The Labute approximate surface area is 210 Å². The molecule has 1 aromatic carbocycles. The van der Waals surface area contributed by atoms with Crippen molar-refractivity contribution in [2.45, 2.75) is 57.5 Å². The number of carbonyl (C=O) groups excluding carboxylic acids is 1. The number of amides is 1. The first kappa shape index (κ1) is 23.6. The van der Waals surface area contributed by atoms with E-state index in [-0.39, 0.29) is 17.9 Å². The summed E-state index contributed by atoms with van der Waals surface area (Å²) in [5.74, 6) is 2.85. The summed E-state index contributed by atoms with van der Waals surface area (Å²) >= 11 is 6.00. The van der Waals surface area contributed by atoms with Crippen molar-refractivity contribution < 1.29 is 4.79 Å². The third kappa shape index (κ3) is 6.51. The summed E-state index contributed by atoms with van der Waals surface area (Å²) in [5.41, 5.74) is 1.01. The lowest BCUT2D eigenvalue weighted by molar-refractivity contribution is -0.123. The number of nitrogens with one attached hydrogen (secondary N) is 3. The smallest absolute Gasteiger partial charge is 0.243 e. The third-order valence-electron chi connectivity index (χ3n) is 6.81. The highest BCUT2D eigenvalue weighted by Gasteiger charge is 2.30. The van der Waals surface area contributed by atoms with E-state index in [9.17, 15) is 4.79 Å². The molecule has 2 aromatic heterocycles. The number of anilines is 2. The van der Waals surface area contributed by atoms with Crippen LogP contribution in [0.3, 0.4) is 0 Å². The zero-order valence-corrected chi connectivity index (χ0v) is 20.5. The fraction of sp³-hybridized carbons (Fsp3) is 0.462. The summed E-state index contributed by atoms with van der Waals surface area (Å²) in [7, 11) is 0. The lowest BCUT2D eigenvalue weighted by Gasteiger charge is -2.30. The molecule has 35 heavy (non-hydrogen) atoms. The molecule has 8 nitrogen and oxygen atoms in total. The number of rotatable bonds is 10. The molecule has 3 N–H and O–H groups in total. The van der Waals surface area contributed by atoms with Gasteiger partial charge in [0.25, 0.3) is 0 Å². The minimum atomic E-state index is -0.371. The molecule has 0 saturated heterocycles. The van der Waals surface area contributed by atoms with Gasteiger partial charge in [-0.25, -0.2) is 4.98 Å². The predicted octanol–water partition coefficient (Wildman–Crippen LogP) is 4.81. The monoisotopic (exact) mass is 493 g/mol. The average molecular weight is 494 g/mol. The van der Waals surface area contributed by atoms with Gasteiger partial charge in [-0.15, -0.1) is 0 Å². The highest BCUT2D eigenvalue weighted by atomic mass is 35.5. The molecule has 5 rings (SSSR count). The maximum absolute atomic E-state index is 13.4. The van der Waals surface area contributed by atoms with E-state index in [2.05, 4.69) is 25.9 Å². The Hall–Kier alpha value is -3.13. The van der Waals surface area contributed by atoms with Gasteiger partial charge in [0.15, 0.2) is 0 Å². The number of hydrogen-bond donors (Lipinski definition) is 3. The molecular formula is C26H32ClN7O. The molecule has 0 spiro atoms. The van der Waals surface area contributed by atoms with Crippen molar-refractivity contribution in [3.8, 4) is 5.82 Å². The molecule has 2 fully saturated rings. The first-order chi connectivity index (χ1) is 17.1. The van der Waals surface area contributed by atoms with E-state index in [0.29, 0.717) is 35.1 Å². The van der Waals surface area contributed by atoms with Gasteiger partial charge in [-0.3, -0.25) is 9.36 Å². The Morgan fingerprint density at radius 3 is 2.60 bits per heavy atom. The van der Waals surface area contributed by atoms with Gasteiger partial charge in [0.1, 0.15) is 24.0 Å². The number of hydrogen-bond acceptors (Lipinski definition) is 6. The summed E-state index contributed by atoms with van der Waals surface area (Å²) in [6, 6.07) is 9.07. The van der Waals surface area contributed by atoms with Gasteiger partial charge >= 0.3 is 0 Å². The molecule has 0 unspecified atom stereocenters. The predicted molar refractivity (Wildman–Crippen MR) is 138 cm³/mol. The molecule has 3 aromatic rings. The number of benzene rings is 1. The Balaban J connectivity index is 1.36. The summed E-state index contributed by atoms with van der Waals surface area (Å²) < 4.78 is 1.85. The fourth-order valence-electron chi connectivity index (χ4n) is 4.60. The highest BCUT2D eigenvalue weighted by Crippen LogP contribution is 2.30. The van der Waals surface area contributed by atoms with Crippen LogP contribution < -0.4 is 16.0 Å². The Kier molecular flexibility index (Phi) is 7.47. The van der Waals surface area contributed by atoms with Crippen molar-refractivity contribution >= 4 is 29.3 Å². The van der Waals surface area contributed by atoms with Crippen LogP contribution in [0, 0.1) is 11.8 Å². The summed E-state index contributed by atoms with van der Waals surface area (Å²) in [5, 5.41) is 10.7. The van der Waals surface area contributed by atoms with Crippen molar-refractivity contribution in [2.24, 2.45) is 11.8 Å². The Morgan fingerprint density at radius 1 is 1.09 bits per heavy atom. The molecule has 9 heteroatoms. The molecular weight excluding hydrogens is 462 g/mol. The van der Waals surface area contributed by atoms with Gasteiger partial charge in [-0.05, 0) is 55.2 Å². The van der Waals surface area contributed by atoms with Gasteiger partial charge in [0.2, 0.25) is 11.9 Å². The first-order valence-electron chi connectivity index (χ1n) is 12.5. The third-order valence-corrected chi connectivity index (χ3v) is 7.07. The zero-order chi connectivity index (χ0) is 24.0. The van der Waals surface area contributed by atoms with E-state index in [4.69, 9.17) is 16.6 Å². The average Bonchev–Trinajstić information content (AvgIpc) is 3.56. The largest absolute Gasteiger partial charge is 0.358 e.